The highest BCUT2D eigenvalue weighted by Crippen LogP contribution is 2.32. The van der Waals surface area contributed by atoms with Gasteiger partial charge in [-0.05, 0) is 65.6 Å². The van der Waals surface area contributed by atoms with Crippen LogP contribution in [0.3, 0.4) is 0 Å². The molecule has 0 spiro atoms. The molecule has 5 heteroatoms. The monoisotopic (exact) mass is 568 g/mol. The molecule has 6 rings (SSSR count). The van der Waals surface area contributed by atoms with Gasteiger partial charge in [0.1, 0.15) is 5.82 Å². The van der Waals surface area contributed by atoms with Gasteiger partial charge in [0, 0.05) is 6.42 Å². The van der Waals surface area contributed by atoms with Gasteiger partial charge >= 0.3 is 5.69 Å². The van der Waals surface area contributed by atoms with E-state index in [1.54, 1.807) is 10.1 Å². The van der Waals surface area contributed by atoms with Gasteiger partial charge in [0.2, 0.25) is 0 Å². The van der Waals surface area contributed by atoms with Crippen LogP contribution >= 0.6 is 0 Å². The second kappa shape index (κ2) is 15.0. The molecule has 218 valence electrons. The average Bonchev–Trinajstić information content (AvgIpc) is 3.39. The predicted octanol–water partition coefficient (Wildman–Crippen LogP) is 8.70. The summed E-state index contributed by atoms with van der Waals surface area (Å²) in [6.07, 6.45) is 9.91. The van der Waals surface area contributed by atoms with Gasteiger partial charge < -0.3 is 0 Å². The van der Waals surface area contributed by atoms with Gasteiger partial charge in [-0.15, -0.1) is 5.10 Å². The third-order valence-corrected chi connectivity index (χ3v) is 8.22. The molecule has 0 N–H and O–H groups in total. The summed E-state index contributed by atoms with van der Waals surface area (Å²) in [6, 6.07) is 38.3. The molecule has 1 aliphatic carbocycles. The minimum Gasteiger partial charge on any atom is -0.274 e. The molecule has 43 heavy (non-hydrogen) atoms. The molecule has 0 atom stereocenters. The molecule has 0 aliphatic heterocycles. The van der Waals surface area contributed by atoms with E-state index in [1.807, 2.05) is 78.9 Å². The standard InChI is InChI=1S/C26H24N4O.C12H16/c1-2-3-13-25-28-30(23-10-5-4-6-11-23)26(31)29(25)19-20-14-16-21(17-15-20)24-12-8-7-9-22(24)18-27;1-3-7-11(8-4-1)12-9-5-2-6-10-12/h4-12,14-17H,2-3,13,19H2,1H3;1,3-4,7-8,12H,2,5-6,9-10H2. The molecule has 0 unspecified atom stereocenters. The first-order valence-corrected chi connectivity index (χ1v) is 15.6. The summed E-state index contributed by atoms with van der Waals surface area (Å²) < 4.78 is 3.25. The minimum atomic E-state index is -0.129. The molecular weight excluding hydrogens is 528 g/mol. The van der Waals surface area contributed by atoms with Crippen LogP contribution in [0.25, 0.3) is 16.8 Å². The molecule has 1 fully saturated rings. The predicted molar refractivity (Wildman–Crippen MR) is 174 cm³/mol. The number of hydrogen-bond acceptors (Lipinski definition) is 3. The van der Waals surface area contributed by atoms with Crippen molar-refractivity contribution in [1.82, 2.24) is 14.3 Å². The lowest BCUT2D eigenvalue weighted by atomic mass is 9.84. The SMILES string of the molecule is CCCCc1nn(-c2ccccc2)c(=O)n1Cc1ccc(-c2ccccc2C#N)cc1.c1ccc(C2CCCCC2)cc1. The van der Waals surface area contributed by atoms with Crippen LogP contribution in [-0.4, -0.2) is 14.3 Å². The van der Waals surface area contributed by atoms with Crippen molar-refractivity contribution >= 4 is 0 Å². The van der Waals surface area contributed by atoms with Crippen LogP contribution in [0.5, 0.6) is 0 Å². The molecule has 0 bridgehead atoms. The highest BCUT2D eigenvalue weighted by Gasteiger charge is 2.16. The topological polar surface area (TPSA) is 63.6 Å². The molecular formula is C38H40N4O. The summed E-state index contributed by atoms with van der Waals surface area (Å²) in [6.45, 7) is 2.60. The Hall–Kier alpha value is -4.69. The Morgan fingerprint density at radius 3 is 2.14 bits per heavy atom. The molecule has 1 aromatic heterocycles. The van der Waals surface area contributed by atoms with Crippen molar-refractivity contribution in [2.45, 2.75) is 70.8 Å². The molecule has 0 amide bonds. The number of aryl methyl sites for hydroxylation is 1. The van der Waals surface area contributed by atoms with E-state index < -0.39 is 0 Å². The van der Waals surface area contributed by atoms with E-state index in [0.717, 1.165) is 53.4 Å². The fourth-order valence-corrected chi connectivity index (χ4v) is 5.82. The summed E-state index contributed by atoms with van der Waals surface area (Å²) in [4.78, 5) is 13.2. The number of nitriles is 1. The molecule has 1 heterocycles. The normalized spacial score (nSPS) is 13.1. The summed E-state index contributed by atoms with van der Waals surface area (Å²) >= 11 is 0. The fourth-order valence-electron chi connectivity index (χ4n) is 5.82. The Labute approximate surface area is 255 Å². The van der Waals surface area contributed by atoms with Crippen molar-refractivity contribution in [2.75, 3.05) is 0 Å². The van der Waals surface area contributed by atoms with Crippen molar-refractivity contribution in [1.29, 1.82) is 5.26 Å². The Balaban J connectivity index is 0.000000255. The number of hydrogen-bond donors (Lipinski definition) is 0. The number of aromatic nitrogens is 3. The third kappa shape index (κ3) is 7.59. The van der Waals surface area contributed by atoms with E-state index in [1.165, 1.54) is 36.8 Å². The lowest BCUT2D eigenvalue weighted by Gasteiger charge is -2.21. The van der Waals surface area contributed by atoms with Gasteiger partial charge in [0.05, 0.1) is 23.9 Å². The smallest absolute Gasteiger partial charge is 0.274 e. The maximum absolute atomic E-state index is 13.2. The first-order valence-electron chi connectivity index (χ1n) is 15.6. The summed E-state index contributed by atoms with van der Waals surface area (Å²) in [5.74, 6) is 1.66. The van der Waals surface area contributed by atoms with Crippen molar-refractivity contribution in [3.05, 3.63) is 142 Å². The van der Waals surface area contributed by atoms with Gasteiger partial charge in [-0.25, -0.2) is 4.79 Å². The second-order valence-electron chi connectivity index (χ2n) is 11.2. The van der Waals surface area contributed by atoms with Gasteiger partial charge in [-0.3, -0.25) is 4.57 Å². The second-order valence-corrected chi connectivity index (χ2v) is 11.2. The van der Waals surface area contributed by atoms with Gasteiger partial charge in [-0.1, -0.05) is 124 Å². The van der Waals surface area contributed by atoms with Crippen LogP contribution in [0.4, 0.5) is 0 Å². The molecule has 1 aliphatic rings. The number of benzene rings is 4. The van der Waals surface area contributed by atoms with Gasteiger partial charge in [0.25, 0.3) is 0 Å². The van der Waals surface area contributed by atoms with E-state index >= 15 is 0 Å². The third-order valence-electron chi connectivity index (χ3n) is 8.22. The average molecular weight is 569 g/mol. The van der Waals surface area contributed by atoms with E-state index in [0.29, 0.717) is 12.1 Å². The van der Waals surface area contributed by atoms with Crippen molar-refractivity contribution in [2.24, 2.45) is 0 Å². The molecule has 0 radical (unpaired) electrons. The van der Waals surface area contributed by atoms with Gasteiger partial charge in [0.15, 0.2) is 0 Å². The first kappa shape index (κ1) is 29.8. The van der Waals surface area contributed by atoms with Crippen LogP contribution in [0.15, 0.2) is 114 Å². The lowest BCUT2D eigenvalue weighted by Crippen LogP contribution is -2.25. The van der Waals surface area contributed by atoms with E-state index in [-0.39, 0.29) is 5.69 Å². The first-order chi connectivity index (χ1) is 21.2. The number of rotatable bonds is 8. The molecule has 0 saturated heterocycles. The molecule has 5 aromatic rings. The van der Waals surface area contributed by atoms with Crippen LogP contribution in [0.2, 0.25) is 0 Å². The van der Waals surface area contributed by atoms with Crippen LogP contribution in [-0.2, 0) is 13.0 Å². The van der Waals surface area contributed by atoms with Crippen molar-refractivity contribution in [3.63, 3.8) is 0 Å². The van der Waals surface area contributed by atoms with E-state index in [4.69, 9.17) is 0 Å². The number of unbranched alkanes of at least 4 members (excludes halogenated alkanes) is 1. The molecule has 4 aromatic carbocycles. The number of para-hydroxylation sites is 1. The molecule has 1 saturated carbocycles. The molecule has 5 nitrogen and oxygen atoms in total. The van der Waals surface area contributed by atoms with Crippen LogP contribution < -0.4 is 5.69 Å². The van der Waals surface area contributed by atoms with Crippen LogP contribution in [0.1, 0.15) is 80.3 Å². The van der Waals surface area contributed by atoms with E-state index in [2.05, 4.69) is 48.4 Å². The Kier molecular flexibility index (Phi) is 10.4. The Morgan fingerprint density at radius 1 is 0.814 bits per heavy atom. The Morgan fingerprint density at radius 2 is 1.47 bits per heavy atom. The lowest BCUT2D eigenvalue weighted by molar-refractivity contribution is 0.443. The fraction of sp³-hybridized carbons (Fsp3) is 0.289. The maximum atomic E-state index is 13.2. The quantitative estimate of drug-likeness (QED) is 0.188. The Bertz CT molecular complexity index is 1670. The largest absolute Gasteiger partial charge is 0.351 e. The highest BCUT2D eigenvalue weighted by molar-refractivity contribution is 5.70. The minimum absolute atomic E-state index is 0.129. The van der Waals surface area contributed by atoms with Gasteiger partial charge in [-0.2, -0.15) is 9.94 Å². The zero-order valence-corrected chi connectivity index (χ0v) is 25.0. The number of nitrogens with zero attached hydrogens (tertiary/aromatic N) is 4. The van der Waals surface area contributed by atoms with Crippen LogP contribution in [0, 0.1) is 11.3 Å². The van der Waals surface area contributed by atoms with E-state index in [9.17, 15) is 10.1 Å². The summed E-state index contributed by atoms with van der Waals surface area (Å²) in [7, 11) is 0. The van der Waals surface area contributed by atoms with Crippen molar-refractivity contribution in [3.8, 4) is 22.9 Å². The summed E-state index contributed by atoms with van der Waals surface area (Å²) in [5, 5.41) is 14.0. The zero-order valence-electron chi connectivity index (χ0n) is 25.0. The van der Waals surface area contributed by atoms with Crippen molar-refractivity contribution < 1.29 is 0 Å². The highest BCUT2D eigenvalue weighted by atomic mass is 16.2. The zero-order chi connectivity index (χ0) is 29.9. The summed E-state index contributed by atoms with van der Waals surface area (Å²) in [5.41, 5.74) is 5.76. The maximum Gasteiger partial charge on any atom is 0.351 e.